The maximum absolute atomic E-state index is 13.0. The number of carbonyl (C=O) groups is 1. The van der Waals surface area contributed by atoms with E-state index in [-0.39, 0.29) is 11.7 Å². The van der Waals surface area contributed by atoms with E-state index in [0.717, 1.165) is 31.6 Å². The molecule has 110 valence electrons. The number of halogens is 1. The van der Waals surface area contributed by atoms with Crippen molar-refractivity contribution >= 4 is 5.91 Å². The van der Waals surface area contributed by atoms with Crippen molar-refractivity contribution in [3.63, 3.8) is 0 Å². The molecule has 1 saturated heterocycles. The number of hydrogen-bond donors (Lipinski definition) is 2. The average molecular weight is 288 g/mol. The van der Waals surface area contributed by atoms with Crippen LogP contribution < -0.4 is 5.32 Å². The summed E-state index contributed by atoms with van der Waals surface area (Å²) in [6.45, 7) is 3.15. The summed E-state index contributed by atoms with van der Waals surface area (Å²) in [6.07, 6.45) is 2.48. The number of H-pyrrole nitrogens is 1. The molecule has 2 aromatic rings. The molecule has 3 rings (SSSR count). The van der Waals surface area contributed by atoms with Crippen LogP contribution in [0.25, 0.3) is 11.3 Å². The zero-order valence-electron chi connectivity index (χ0n) is 11.6. The van der Waals surface area contributed by atoms with Gasteiger partial charge in [-0.25, -0.2) is 4.39 Å². The molecule has 0 aliphatic carbocycles. The zero-order chi connectivity index (χ0) is 14.7. The van der Waals surface area contributed by atoms with E-state index in [4.69, 9.17) is 0 Å². The van der Waals surface area contributed by atoms with Crippen LogP contribution in [-0.2, 0) is 0 Å². The maximum atomic E-state index is 13.0. The molecule has 0 unspecified atom stereocenters. The summed E-state index contributed by atoms with van der Waals surface area (Å²) in [5.41, 5.74) is 1.92. The van der Waals surface area contributed by atoms with Gasteiger partial charge in [0.2, 0.25) is 0 Å². The topological polar surface area (TPSA) is 61.0 Å². The Balaban J connectivity index is 1.87. The highest BCUT2D eigenvalue weighted by atomic mass is 19.1. The fraction of sp³-hybridized carbons (Fsp3) is 0.333. The molecule has 0 radical (unpaired) electrons. The Morgan fingerprint density at radius 3 is 2.81 bits per heavy atom. The molecule has 0 saturated carbocycles. The molecule has 0 atom stereocenters. The third-order valence-corrected chi connectivity index (χ3v) is 3.63. The van der Waals surface area contributed by atoms with Gasteiger partial charge in [-0.05, 0) is 37.2 Å². The van der Waals surface area contributed by atoms with E-state index in [2.05, 4.69) is 15.5 Å². The Bertz CT molecular complexity index is 615. The SMILES string of the molecule is O=C(c1cn[nH]c1-c1ccc(F)cc1)N1CCCNCC1. The van der Waals surface area contributed by atoms with Crippen molar-refractivity contribution in [2.24, 2.45) is 0 Å². The number of nitrogens with zero attached hydrogens (tertiary/aromatic N) is 2. The van der Waals surface area contributed by atoms with E-state index in [1.54, 1.807) is 18.3 Å². The first-order valence-electron chi connectivity index (χ1n) is 7.05. The lowest BCUT2D eigenvalue weighted by Crippen LogP contribution is -2.34. The molecule has 1 amide bonds. The van der Waals surface area contributed by atoms with Crippen molar-refractivity contribution in [3.8, 4) is 11.3 Å². The van der Waals surface area contributed by atoms with Gasteiger partial charge in [0.25, 0.3) is 5.91 Å². The number of rotatable bonds is 2. The predicted octanol–water partition coefficient (Wildman–Crippen LogP) is 1.65. The molecular formula is C15H17FN4O. The van der Waals surface area contributed by atoms with E-state index in [0.29, 0.717) is 17.8 Å². The number of aromatic nitrogens is 2. The number of carbonyl (C=O) groups excluding carboxylic acids is 1. The van der Waals surface area contributed by atoms with Gasteiger partial charge in [-0.2, -0.15) is 5.10 Å². The minimum Gasteiger partial charge on any atom is -0.337 e. The van der Waals surface area contributed by atoms with E-state index in [1.165, 1.54) is 12.1 Å². The lowest BCUT2D eigenvalue weighted by Gasteiger charge is -2.19. The molecule has 0 spiro atoms. The molecule has 1 fully saturated rings. The van der Waals surface area contributed by atoms with Gasteiger partial charge in [-0.1, -0.05) is 0 Å². The Kier molecular flexibility index (Phi) is 3.96. The van der Waals surface area contributed by atoms with Gasteiger partial charge in [-0.3, -0.25) is 9.89 Å². The van der Waals surface area contributed by atoms with Gasteiger partial charge in [0, 0.05) is 25.2 Å². The summed E-state index contributed by atoms with van der Waals surface area (Å²) in [6, 6.07) is 6.04. The van der Waals surface area contributed by atoms with Crippen LogP contribution in [0.5, 0.6) is 0 Å². The van der Waals surface area contributed by atoms with Crippen LogP contribution in [0.4, 0.5) is 4.39 Å². The number of nitrogens with one attached hydrogen (secondary N) is 2. The summed E-state index contributed by atoms with van der Waals surface area (Å²) < 4.78 is 13.0. The van der Waals surface area contributed by atoms with E-state index in [1.807, 2.05) is 4.90 Å². The van der Waals surface area contributed by atoms with E-state index >= 15 is 0 Å². The van der Waals surface area contributed by atoms with Gasteiger partial charge in [0.05, 0.1) is 17.5 Å². The van der Waals surface area contributed by atoms with Crippen LogP contribution in [0.15, 0.2) is 30.5 Å². The average Bonchev–Trinajstić information content (AvgIpc) is 2.82. The van der Waals surface area contributed by atoms with E-state index < -0.39 is 0 Å². The fourth-order valence-electron chi connectivity index (χ4n) is 2.50. The van der Waals surface area contributed by atoms with Crippen LogP contribution in [0.3, 0.4) is 0 Å². The van der Waals surface area contributed by atoms with Gasteiger partial charge in [0.15, 0.2) is 0 Å². The van der Waals surface area contributed by atoms with E-state index in [9.17, 15) is 9.18 Å². The molecule has 1 aromatic carbocycles. The molecular weight excluding hydrogens is 271 g/mol. The highest BCUT2D eigenvalue weighted by Gasteiger charge is 2.22. The number of amides is 1. The lowest BCUT2D eigenvalue weighted by molar-refractivity contribution is 0.0767. The third kappa shape index (κ3) is 2.95. The third-order valence-electron chi connectivity index (χ3n) is 3.63. The second kappa shape index (κ2) is 6.05. The number of aromatic amines is 1. The highest BCUT2D eigenvalue weighted by Crippen LogP contribution is 2.22. The van der Waals surface area contributed by atoms with Crippen molar-refractivity contribution in [1.82, 2.24) is 20.4 Å². The first-order chi connectivity index (χ1) is 10.3. The minimum absolute atomic E-state index is 0.0354. The minimum atomic E-state index is -0.301. The first-order valence-corrected chi connectivity index (χ1v) is 7.05. The Labute approximate surface area is 122 Å². The molecule has 1 aromatic heterocycles. The lowest BCUT2D eigenvalue weighted by atomic mass is 10.1. The number of hydrogen-bond acceptors (Lipinski definition) is 3. The van der Waals surface area contributed by atoms with Gasteiger partial charge in [0.1, 0.15) is 5.82 Å². The summed E-state index contributed by atoms with van der Waals surface area (Å²) >= 11 is 0. The summed E-state index contributed by atoms with van der Waals surface area (Å²) in [5.74, 6) is -0.337. The van der Waals surface area contributed by atoms with Gasteiger partial charge < -0.3 is 10.2 Å². The highest BCUT2D eigenvalue weighted by molar-refractivity contribution is 5.99. The summed E-state index contributed by atoms with van der Waals surface area (Å²) in [4.78, 5) is 14.5. The molecule has 1 aliphatic heterocycles. The Hall–Kier alpha value is -2.21. The van der Waals surface area contributed by atoms with Crippen LogP contribution in [0.1, 0.15) is 16.8 Å². The summed E-state index contributed by atoms with van der Waals surface area (Å²) in [5, 5.41) is 10.1. The molecule has 2 N–H and O–H groups in total. The molecule has 0 bridgehead atoms. The van der Waals surface area contributed by atoms with Crippen LogP contribution in [0, 0.1) is 5.82 Å². The molecule has 21 heavy (non-hydrogen) atoms. The second-order valence-corrected chi connectivity index (χ2v) is 5.06. The normalized spacial score (nSPS) is 15.8. The number of benzene rings is 1. The predicted molar refractivity (Wildman–Crippen MR) is 77.4 cm³/mol. The molecule has 6 heteroatoms. The quantitative estimate of drug-likeness (QED) is 0.883. The van der Waals surface area contributed by atoms with Gasteiger partial charge >= 0.3 is 0 Å². The smallest absolute Gasteiger partial charge is 0.257 e. The second-order valence-electron chi connectivity index (χ2n) is 5.06. The largest absolute Gasteiger partial charge is 0.337 e. The zero-order valence-corrected chi connectivity index (χ0v) is 11.6. The van der Waals surface area contributed by atoms with Crippen LogP contribution >= 0.6 is 0 Å². The van der Waals surface area contributed by atoms with Crippen molar-refractivity contribution < 1.29 is 9.18 Å². The first kappa shape index (κ1) is 13.8. The Morgan fingerprint density at radius 1 is 1.19 bits per heavy atom. The monoisotopic (exact) mass is 288 g/mol. The van der Waals surface area contributed by atoms with Crippen LogP contribution in [0.2, 0.25) is 0 Å². The van der Waals surface area contributed by atoms with Crippen LogP contribution in [-0.4, -0.2) is 47.2 Å². The van der Waals surface area contributed by atoms with Crippen molar-refractivity contribution in [2.45, 2.75) is 6.42 Å². The summed E-state index contributed by atoms with van der Waals surface area (Å²) in [7, 11) is 0. The fourth-order valence-corrected chi connectivity index (χ4v) is 2.50. The maximum Gasteiger partial charge on any atom is 0.257 e. The molecule has 2 heterocycles. The van der Waals surface area contributed by atoms with Crippen molar-refractivity contribution in [1.29, 1.82) is 0 Å². The molecule has 5 nitrogen and oxygen atoms in total. The van der Waals surface area contributed by atoms with Crippen molar-refractivity contribution in [2.75, 3.05) is 26.2 Å². The standard InChI is InChI=1S/C15H17FN4O/c16-12-4-2-11(3-5-12)14-13(10-18-19-14)15(21)20-8-1-6-17-7-9-20/h2-5,10,17H,1,6-9H2,(H,18,19). The Morgan fingerprint density at radius 2 is 2.00 bits per heavy atom. The van der Waals surface area contributed by atoms with Gasteiger partial charge in [-0.15, -0.1) is 0 Å². The van der Waals surface area contributed by atoms with Crippen molar-refractivity contribution in [3.05, 3.63) is 41.8 Å². The molecule has 1 aliphatic rings.